The Labute approximate surface area is 152 Å². The summed E-state index contributed by atoms with van der Waals surface area (Å²) in [5.41, 5.74) is 1.05. The molecule has 0 unspecified atom stereocenters. The highest BCUT2D eigenvalue weighted by molar-refractivity contribution is 8.41. The third-order valence-electron chi connectivity index (χ3n) is 3.17. The van der Waals surface area contributed by atoms with Crippen LogP contribution in [0.15, 0.2) is 64.5 Å². The number of nitrogens with one attached hydrogen (secondary N) is 1. The maximum Gasteiger partial charge on any atom is 0.285 e. The number of anilines is 1. The Morgan fingerprint density at radius 1 is 1.16 bits per heavy atom. The lowest BCUT2D eigenvalue weighted by Gasteiger charge is -2.05. The van der Waals surface area contributed by atoms with Gasteiger partial charge < -0.3 is 5.32 Å². The molecule has 2 aromatic carbocycles. The van der Waals surface area contributed by atoms with Crippen molar-refractivity contribution in [2.24, 2.45) is 4.99 Å². The summed E-state index contributed by atoms with van der Waals surface area (Å²) >= 11 is 2.39. The Morgan fingerprint density at radius 2 is 1.88 bits per heavy atom. The molecule has 3 rings (SSSR count). The minimum atomic E-state index is -0.489. The lowest BCUT2D eigenvalue weighted by atomic mass is 10.2. The van der Waals surface area contributed by atoms with Crippen molar-refractivity contribution < 1.29 is 14.0 Å². The smallest absolute Gasteiger partial charge is 0.285 e. The van der Waals surface area contributed by atoms with Crippen LogP contribution in [0.4, 0.5) is 10.1 Å². The molecule has 7 heteroatoms. The lowest BCUT2D eigenvalue weighted by molar-refractivity contribution is -0.114. The average molecular weight is 372 g/mol. The minimum absolute atomic E-state index is 0.0477. The zero-order chi connectivity index (χ0) is 17.6. The van der Waals surface area contributed by atoms with Crippen molar-refractivity contribution in [2.45, 2.75) is 0 Å². The molecule has 0 spiro atoms. The number of rotatable bonds is 4. The van der Waals surface area contributed by atoms with Gasteiger partial charge in [0.1, 0.15) is 10.2 Å². The third-order valence-corrected chi connectivity index (χ3v) is 5.30. The van der Waals surface area contributed by atoms with E-state index in [-0.39, 0.29) is 23.3 Å². The molecule has 126 valence electrons. The molecule has 0 fully saturated rings. The first-order valence-corrected chi connectivity index (χ1v) is 9.17. The van der Waals surface area contributed by atoms with Crippen LogP contribution in [-0.4, -0.2) is 21.9 Å². The fraction of sp³-hybridized carbons (Fsp3) is 0.0556. The van der Waals surface area contributed by atoms with E-state index < -0.39 is 5.82 Å². The summed E-state index contributed by atoms with van der Waals surface area (Å²) in [4.78, 5) is 28.3. The van der Waals surface area contributed by atoms with Gasteiger partial charge >= 0.3 is 0 Å². The molecule has 0 bridgehead atoms. The topological polar surface area (TPSA) is 58.5 Å². The molecule has 1 aliphatic heterocycles. The number of thioether (sulfide) groups is 2. The highest BCUT2D eigenvalue weighted by atomic mass is 32.2. The Kier molecular flexibility index (Phi) is 5.67. The highest BCUT2D eigenvalue weighted by Crippen LogP contribution is 2.33. The van der Waals surface area contributed by atoms with E-state index in [4.69, 9.17) is 0 Å². The largest absolute Gasteiger partial charge is 0.323 e. The summed E-state index contributed by atoms with van der Waals surface area (Å²) in [5.74, 6) is -1.11. The molecule has 4 nitrogen and oxygen atoms in total. The molecule has 0 aliphatic carbocycles. The van der Waals surface area contributed by atoms with Crippen LogP contribution in [0, 0.1) is 5.82 Å². The minimum Gasteiger partial charge on any atom is -0.323 e. The van der Waals surface area contributed by atoms with E-state index in [9.17, 15) is 14.0 Å². The van der Waals surface area contributed by atoms with Crippen LogP contribution in [0.2, 0.25) is 0 Å². The van der Waals surface area contributed by atoms with Crippen molar-refractivity contribution in [3.63, 3.8) is 0 Å². The standard InChI is InChI=1S/C18H13FN2O2S2/c19-13-8-4-5-9-14(13)20-16(22)11-24-18-21-17(23)15(25-18)10-12-6-2-1-3-7-12/h1-10H,11H2,(H,20,22). The van der Waals surface area contributed by atoms with E-state index in [1.807, 2.05) is 30.3 Å². The zero-order valence-corrected chi connectivity index (χ0v) is 14.6. The van der Waals surface area contributed by atoms with Crippen molar-refractivity contribution in [3.05, 3.63) is 70.9 Å². The Bertz CT molecular complexity index is 866. The summed E-state index contributed by atoms with van der Waals surface area (Å²) in [6, 6.07) is 15.4. The molecule has 0 aromatic heterocycles. The van der Waals surface area contributed by atoms with Crippen molar-refractivity contribution in [1.29, 1.82) is 0 Å². The number of carbonyl (C=O) groups excluding carboxylic acids is 2. The van der Waals surface area contributed by atoms with Crippen LogP contribution < -0.4 is 5.32 Å². The van der Waals surface area contributed by atoms with Crippen LogP contribution in [0.25, 0.3) is 6.08 Å². The number of amides is 2. The molecule has 1 aliphatic rings. The average Bonchev–Trinajstić information content (AvgIpc) is 2.96. The third kappa shape index (κ3) is 4.80. The van der Waals surface area contributed by atoms with E-state index >= 15 is 0 Å². The van der Waals surface area contributed by atoms with Gasteiger partial charge in [-0.05, 0) is 23.8 Å². The van der Waals surface area contributed by atoms with Crippen molar-refractivity contribution in [2.75, 3.05) is 11.1 Å². The van der Waals surface area contributed by atoms with Crippen LogP contribution in [0.3, 0.4) is 0 Å². The normalized spacial score (nSPS) is 15.3. The van der Waals surface area contributed by atoms with Gasteiger partial charge in [-0.25, -0.2) is 4.39 Å². The molecule has 0 saturated carbocycles. The summed E-state index contributed by atoms with van der Waals surface area (Å²) in [5, 5.41) is 2.50. The van der Waals surface area contributed by atoms with Crippen LogP contribution in [0.1, 0.15) is 5.56 Å². The number of nitrogens with zero attached hydrogens (tertiary/aromatic N) is 1. The lowest BCUT2D eigenvalue weighted by Crippen LogP contribution is -2.15. The summed E-state index contributed by atoms with van der Waals surface area (Å²) in [6.07, 6.45) is 1.77. The number of aliphatic imine (C=N–C) groups is 1. The molecule has 1 N–H and O–H groups in total. The molecular formula is C18H13FN2O2S2. The molecule has 1 heterocycles. The fourth-order valence-corrected chi connectivity index (χ4v) is 3.83. The first-order valence-electron chi connectivity index (χ1n) is 7.36. The summed E-state index contributed by atoms with van der Waals surface area (Å²) in [6.45, 7) is 0. The Hall–Kier alpha value is -2.38. The van der Waals surface area contributed by atoms with Gasteiger partial charge in [-0.1, -0.05) is 66.0 Å². The van der Waals surface area contributed by atoms with E-state index in [2.05, 4.69) is 10.3 Å². The number of para-hydroxylation sites is 1. The second kappa shape index (κ2) is 8.13. The second-order valence-electron chi connectivity index (χ2n) is 5.02. The second-order valence-corrected chi connectivity index (χ2v) is 7.27. The van der Waals surface area contributed by atoms with E-state index in [0.717, 1.165) is 17.3 Å². The number of carbonyl (C=O) groups is 2. The number of hydrogen-bond acceptors (Lipinski definition) is 4. The first-order chi connectivity index (χ1) is 12.1. The van der Waals surface area contributed by atoms with Gasteiger partial charge in [-0.3, -0.25) is 9.59 Å². The van der Waals surface area contributed by atoms with E-state index in [0.29, 0.717) is 9.28 Å². The van der Waals surface area contributed by atoms with E-state index in [1.54, 1.807) is 18.2 Å². The number of hydrogen-bond donors (Lipinski definition) is 1. The van der Waals surface area contributed by atoms with Gasteiger partial charge in [0.2, 0.25) is 5.91 Å². The maximum absolute atomic E-state index is 13.5. The van der Waals surface area contributed by atoms with Crippen molar-refractivity contribution in [1.82, 2.24) is 0 Å². The highest BCUT2D eigenvalue weighted by Gasteiger charge is 2.22. The molecule has 0 atom stereocenters. The molecule has 2 aromatic rings. The molecule has 2 amide bonds. The molecule has 25 heavy (non-hydrogen) atoms. The Balaban J connectivity index is 1.55. The fourth-order valence-electron chi connectivity index (χ4n) is 2.03. The van der Waals surface area contributed by atoms with Crippen molar-refractivity contribution >= 4 is 51.5 Å². The summed E-state index contributed by atoms with van der Waals surface area (Å²) in [7, 11) is 0. The molecular weight excluding hydrogens is 359 g/mol. The van der Waals surface area contributed by atoms with Gasteiger partial charge in [0.25, 0.3) is 5.91 Å². The summed E-state index contributed by atoms with van der Waals surface area (Å²) < 4.78 is 14.0. The quantitative estimate of drug-likeness (QED) is 0.819. The van der Waals surface area contributed by atoms with Crippen LogP contribution >= 0.6 is 23.5 Å². The van der Waals surface area contributed by atoms with Crippen molar-refractivity contribution in [3.8, 4) is 0 Å². The molecule has 0 saturated heterocycles. The monoisotopic (exact) mass is 372 g/mol. The van der Waals surface area contributed by atoms with Gasteiger partial charge in [0.15, 0.2) is 0 Å². The Morgan fingerprint density at radius 3 is 2.64 bits per heavy atom. The van der Waals surface area contributed by atoms with Gasteiger partial charge in [-0.2, -0.15) is 4.99 Å². The number of halogens is 1. The van der Waals surface area contributed by atoms with Gasteiger partial charge in [0.05, 0.1) is 16.3 Å². The zero-order valence-electron chi connectivity index (χ0n) is 12.9. The molecule has 0 radical (unpaired) electrons. The predicted molar refractivity (Wildman–Crippen MR) is 102 cm³/mol. The van der Waals surface area contributed by atoms with Crippen LogP contribution in [-0.2, 0) is 9.59 Å². The van der Waals surface area contributed by atoms with Crippen LogP contribution in [0.5, 0.6) is 0 Å². The maximum atomic E-state index is 13.5. The van der Waals surface area contributed by atoms with E-state index in [1.165, 1.54) is 23.9 Å². The number of benzene rings is 2. The SMILES string of the molecule is O=C(CSC1=NC(=O)C(=Cc2ccccc2)S1)Nc1ccccc1F. The van der Waals surface area contributed by atoms with Gasteiger partial charge in [-0.15, -0.1) is 0 Å². The predicted octanol–water partition coefficient (Wildman–Crippen LogP) is 4.17. The first kappa shape index (κ1) is 17.4. The van der Waals surface area contributed by atoms with Gasteiger partial charge in [0, 0.05) is 0 Å².